The number of ether oxygens (including phenoxy) is 3. The number of thiazole rings is 1. The fraction of sp³-hybridized carbons (Fsp3) is 0.450. The Bertz CT molecular complexity index is 920. The van der Waals surface area contributed by atoms with Crippen molar-refractivity contribution in [1.82, 2.24) is 4.98 Å². The van der Waals surface area contributed by atoms with E-state index in [2.05, 4.69) is 16.4 Å². The number of nitrogens with one attached hydrogen (secondary N) is 1. The molecule has 2 heterocycles. The third-order valence-electron chi connectivity index (χ3n) is 4.78. The summed E-state index contributed by atoms with van der Waals surface area (Å²) in [5.41, 5.74) is 1.38. The fourth-order valence-corrected chi connectivity index (χ4v) is 4.22. The highest BCUT2D eigenvalue weighted by molar-refractivity contribution is 7.19. The predicted molar refractivity (Wildman–Crippen MR) is 104 cm³/mol. The van der Waals surface area contributed by atoms with Gasteiger partial charge in [-0.3, -0.25) is 4.79 Å². The van der Waals surface area contributed by atoms with Crippen LogP contribution in [-0.4, -0.2) is 36.0 Å². The van der Waals surface area contributed by atoms with E-state index in [1.54, 1.807) is 12.3 Å². The van der Waals surface area contributed by atoms with E-state index in [1.165, 1.54) is 11.3 Å². The highest BCUT2D eigenvalue weighted by Crippen LogP contribution is 2.45. The van der Waals surface area contributed by atoms with Crippen LogP contribution in [0, 0.1) is 17.2 Å². The molecule has 1 aromatic carbocycles. The van der Waals surface area contributed by atoms with Crippen LogP contribution in [0.15, 0.2) is 24.4 Å². The topological polar surface area (TPSA) is 93.5 Å². The van der Waals surface area contributed by atoms with Crippen LogP contribution in [0.2, 0.25) is 0 Å². The zero-order valence-electron chi connectivity index (χ0n) is 15.7. The first kappa shape index (κ1) is 18.9. The molecule has 4 rings (SSSR count). The summed E-state index contributed by atoms with van der Waals surface area (Å²) in [6.07, 6.45) is 2.86. The van der Waals surface area contributed by atoms with E-state index in [0.717, 1.165) is 10.4 Å². The van der Waals surface area contributed by atoms with Crippen LogP contribution in [0.4, 0.5) is 5.13 Å². The molecule has 1 spiro atoms. The van der Waals surface area contributed by atoms with Gasteiger partial charge in [0.25, 0.3) is 0 Å². The Balaban J connectivity index is 1.43. The second-order valence-corrected chi connectivity index (χ2v) is 8.25. The molecular weight excluding hydrogens is 378 g/mol. The number of hydrogen-bond donors (Lipinski definition) is 1. The molecule has 1 aromatic heterocycles. The summed E-state index contributed by atoms with van der Waals surface area (Å²) in [4.78, 5) is 17.6. The molecule has 1 amide bonds. The number of nitriles is 1. The van der Waals surface area contributed by atoms with Gasteiger partial charge in [-0.25, -0.2) is 4.98 Å². The maximum absolute atomic E-state index is 12.4. The quantitative estimate of drug-likeness (QED) is 0.826. The van der Waals surface area contributed by atoms with Crippen molar-refractivity contribution >= 4 is 22.4 Å². The van der Waals surface area contributed by atoms with Gasteiger partial charge in [-0.1, -0.05) is 17.4 Å². The Morgan fingerprint density at radius 3 is 2.82 bits per heavy atom. The standard InChI is InChI=1S/C20H21N3O4S/c1-12(2)27-16-7-13(3-4-14(16)10-21)17-11-22-19(28-17)23-18(24)15-8-20(9-15)25-5-6-26-20/h3-4,7,11-12,15H,5-6,8-9H2,1-2H3,(H,22,23,24). The van der Waals surface area contributed by atoms with Gasteiger partial charge >= 0.3 is 0 Å². The van der Waals surface area contributed by atoms with Gasteiger partial charge in [0.2, 0.25) is 5.91 Å². The molecule has 2 aromatic rings. The van der Waals surface area contributed by atoms with Gasteiger partial charge in [0.1, 0.15) is 11.8 Å². The molecule has 28 heavy (non-hydrogen) atoms. The first-order chi connectivity index (χ1) is 13.5. The summed E-state index contributed by atoms with van der Waals surface area (Å²) in [5, 5.41) is 12.7. The maximum Gasteiger partial charge on any atom is 0.229 e. The van der Waals surface area contributed by atoms with Crippen LogP contribution in [0.1, 0.15) is 32.3 Å². The first-order valence-electron chi connectivity index (χ1n) is 9.24. The van der Waals surface area contributed by atoms with E-state index in [1.807, 2.05) is 26.0 Å². The summed E-state index contributed by atoms with van der Waals surface area (Å²) in [6, 6.07) is 7.57. The highest BCUT2D eigenvalue weighted by Gasteiger charge is 2.51. The average molecular weight is 399 g/mol. The van der Waals surface area contributed by atoms with Gasteiger partial charge in [0, 0.05) is 25.0 Å². The van der Waals surface area contributed by atoms with Gasteiger partial charge in [0.05, 0.1) is 29.8 Å². The van der Waals surface area contributed by atoms with Crippen molar-refractivity contribution in [2.75, 3.05) is 18.5 Å². The zero-order chi connectivity index (χ0) is 19.7. The van der Waals surface area contributed by atoms with Gasteiger partial charge in [-0.2, -0.15) is 5.26 Å². The van der Waals surface area contributed by atoms with E-state index in [-0.39, 0.29) is 17.9 Å². The van der Waals surface area contributed by atoms with Crippen molar-refractivity contribution < 1.29 is 19.0 Å². The van der Waals surface area contributed by atoms with E-state index < -0.39 is 5.79 Å². The van der Waals surface area contributed by atoms with Gasteiger partial charge in [0.15, 0.2) is 10.9 Å². The number of aromatic nitrogens is 1. The molecule has 2 fully saturated rings. The molecule has 0 atom stereocenters. The Morgan fingerprint density at radius 2 is 2.14 bits per heavy atom. The molecule has 0 bridgehead atoms. The lowest BCUT2D eigenvalue weighted by molar-refractivity contribution is -0.227. The number of carbonyl (C=O) groups excluding carboxylic acids is 1. The maximum atomic E-state index is 12.4. The number of hydrogen-bond acceptors (Lipinski definition) is 7. The summed E-state index contributed by atoms with van der Waals surface area (Å²) in [6.45, 7) is 5.02. The Labute approximate surface area is 167 Å². The van der Waals surface area contributed by atoms with E-state index in [0.29, 0.717) is 42.5 Å². The fourth-order valence-electron chi connectivity index (χ4n) is 3.40. The van der Waals surface area contributed by atoms with Crippen LogP contribution in [0.3, 0.4) is 0 Å². The molecule has 1 saturated carbocycles. The SMILES string of the molecule is CC(C)Oc1cc(-c2cnc(NC(=O)C3CC4(C3)OCCO4)s2)ccc1C#N. The number of carbonyl (C=O) groups is 1. The van der Waals surface area contributed by atoms with Crippen LogP contribution in [-0.2, 0) is 14.3 Å². The number of nitrogens with zero attached hydrogens (tertiary/aromatic N) is 2. The van der Waals surface area contributed by atoms with Crippen molar-refractivity contribution in [3.63, 3.8) is 0 Å². The molecule has 0 unspecified atom stereocenters. The molecule has 1 aliphatic heterocycles. The van der Waals surface area contributed by atoms with Crippen LogP contribution >= 0.6 is 11.3 Å². The minimum atomic E-state index is -0.536. The highest BCUT2D eigenvalue weighted by atomic mass is 32.1. The van der Waals surface area contributed by atoms with Gasteiger partial charge in [-0.15, -0.1) is 0 Å². The molecule has 146 valence electrons. The number of benzene rings is 1. The number of amides is 1. The second kappa shape index (κ2) is 7.51. The van der Waals surface area contributed by atoms with Crippen molar-refractivity contribution in [1.29, 1.82) is 5.26 Å². The average Bonchev–Trinajstić information content (AvgIpc) is 3.29. The summed E-state index contributed by atoms with van der Waals surface area (Å²) in [7, 11) is 0. The third kappa shape index (κ3) is 3.74. The summed E-state index contributed by atoms with van der Waals surface area (Å²) >= 11 is 1.39. The monoisotopic (exact) mass is 399 g/mol. The molecule has 2 aliphatic rings. The van der Waals surface area contributed by atoms with Crippen LogP contribution in [0.25, 0.3) is 10.4 Å². The van der Waals surface area contributed by atoms with Gasteiger partial charge in [-0.05, 0) is 31.5 Å². The summed E-state index contributed by atoms with van der Waals surface area (Å²) < 4.78 is 16.9. The minimum absolute atomic E-state index is 0.0303. The zero-order valence-corrected chi connectivity index (χ0v) is 16.5. The van der Waals surface area contributed by atoms with Crippen molar-refractivity contribution in [3.05, 3.63) is 30.0 Å². The molecule has 1 N–H and O–H groups in total. The van der Waals surface area contributed by atoms with Crippen LogP contribution in [0.5, 0.6) is 5.75 Å². The van der Waals surface area contributed by atoms with Crippen molar-refractivity contribution in [3.8, 4) is 22.3 Å². The predicted octanol–water partition coefficient (Wildman–Crippen LogP) is 3.56. The smallest absolute Gasteiger partial charge is 0.229 e. The lowest BCUT2D eigenvalue weighted by Crippen LogP contribution is -2.49. The van der Waals surface area contributed by atoms with Crippen molar-refractivity contribution in [2.24, 2.45) is 5.92 Å². The minimum Gasteiger partial charge on any atom is -0.490 e. The Kier molecular flexibility index (Phi) is 5.06. The molecule has 0 radical (unpaired) electrons. The molecule has 7 nitrogen and oxygen atoms in total. The Hall–Kier alpha value is -2.47. The van der Waals surface area contributed by atoms with Crippen LogP contribution < -0.4 is 10.1 Å². The molecule has 1 aliphatic carbocycles. The Morgan fingerprint density at radius 1 is 1.39 bits per heavy atom. The molecule has 8 heteroatoms. The normalized spacial score (nSPS) is 18.1. The lowest BCUT2D eigenvalue weighted by atomic mass is 9.78. The first-order valence-corrected chi connectivity index (χ1v) is 10.1. The second-order valence-electron chi connectivity index (χ2n) is 7.22. The van der Waals surface area contributed by atoms with E-state index in [4.69, 9.17) is 14.2 Å². The third-order valence-corrected chi connectivity index (χ3v) is 5.75. The summed E-state index contributed by atoms with van der Waals surface area (Å²) in [5.74, 6) is -0.170. The van der Waals surface area contributed by atoms with Gasteiger partial charge < -0.3 is 19.5 Å². The molecule has 1 saturated heterocycles. The molecular formula is C20H21N3O4S. The van der Waals surface area contributed by atoms with E-state index >= 15 is 0 Å². The van der Waals surface area contributed by atoms with E-state index in [9.17, 15) is 10.1 Å². The largest absolute Gasteiger partial charge is 0.490 e. The lowest BCUT2D eigenvalue weighted by Gasteiger charge is -2.41. The van der Waals surface area contributed by atoms with Crippen molar-refractivity contribution in [2.45, 2.75) is 38.6 Å². The number of anilines is 1. The number of rotatable bonds is 5.